The van der Waals surface area contributed by atoms with Crippen molar-refractivity contribution >= 4 is 17.4 Å². The van der Waals surface area contributed by atoms with Crippen molar-refractivity contribution in [2.24, 2.45) is 0 Å². The summed E-state index contributed by atoms with van der Waals surface area (Å²) < 4.78 is 4.99. The monoisotopic (exact) mass is 134 g/mol. The highest BCUT2D eigenvalue weighted by Gasteiger charge is 2.04. The van der Waals surface area contributed by atoms with Crippen molar-refractivity contribution < 1.29 is 9.21 Å². The van der Waals surface area contributed by atoms with Crippen LogP contribution in [0.2, 0.25) is 0 Å². The van der Waals surface area contributed by atoms with Crippen LogP contribution in [-0.4, -0.2) is 11.3 Å². The van der Waals surface area contributed by atoms with Gasteiger partial charge in [0, 0.05) is 12.3 Å². The molecular weight excluding hydrogens is 130 g/mol. The Morgan fingerprint density at radius 2 is 2.50 bits per heavy atom. The molecule has 0 unspecified atom stereocenters. The fourth-order valence-corrected chi connectivity index (χ4v) is 0.923. The lowest BCUT2D eigenvalue weighted by atomic mass is 10.3. The van der Waals surface area contributed by atoms with Gasteiger partial charge in [-0.2, -0.15) is 0 Å². The third-order valence-corrected chi connectivity index (χ3v) is 1.39. The van der Waals surface area contributed by atoms with E-state index in [2.05, 4.69) is 4.98 Å². The Hall–Kier alpha value is -1.51. The minimum atomic E-state index is 0.444. The van der Waals surface area contributed by atoms with Crippen molar-refractivity contribution in [2.45, 2.75) is 0 Å². The average molecular weight is 134 g/mol. The zero-order valence-electron chi connectivity index (χ0n) is 5.05. The Bertz CT molecular complexity index is 358. The Morgan fingerprint density at radius 3 is 3.30 bits per heavy atom. The average Bonchev–Trinajstić information content (AvgIpc) is 2.44. The zero-order valence-corrected chi connectivity index (χ0v) is 5.05. The van der Waals surface area contributed by atoms with Crippen LogP contribution in [0.3, 0.4) is 0 Å². The number of carbonyl (C=O) groups excluding carboxylic acids is 1. The predicted molar refractivity (Wildman–Crippen MR) is 35.4 cm³/mol. The molecule has 0 atom stereocenters. The van der Waals surface area contributed by atoms with Gasteiger partial charge in [0.1, 0.15) is 0 Å². The van der Waals surface area contributed by atoms with Crippen LogP contribution in [-0.2, 0) is 4.79 Å². The van der Waals surface area contributed by atoms with E-state index in [0.717, 1.165) is 5.52 Å². The van der Waals surface area contributed by atoms with Gasteiger partial charge in [0.05, 0.1) is 17.3 Å². The molecule has 2 aromatic rings. The third kappa shape index (κ3) is 0.515. The summed E-state index contributed by atoms with van der Waals surface area (Å²) in [6.45, 7) is 0. The molecular formula is C7H4NO2. The highest BCUT2D eigenvalue weighted by Crippen LogP contribution is 2.16. The summed E-state index contributed by atoms with van der Waals surface area (Å²) in [5.41, 5.74) is 1.85. The lowest BCUT2D eigenvalue weighted by Crippen LogP contribution is -1.70. The molecule has 2 aromatic heterocycles. The summed E-state index contributed by atoms with van der Waals surface area (Å²) in [6.07, 6.45) is 4.86. The summed E-state index contributed by atoms with van der Waals surface area (Å²) >= 11 is 0. The molecule has 0 saturated carbocycles. The first-order valence-electron chi connectivity index (χ1n) is 2.84. The van der Waals surface area contributed by atoms with E-state index in [1.807, 2.05) is 0 Å². The van der Waals surface area contributed by atoms with E-state index in [0.29, 0.717) is 11.1 Å². The van der Waals surface area contributed by atoms with Gasteiger partial charge in [-0.05, 0) is 0 Å². The molecule has 3 nitrogen and oxygen atoms in total. The molecule has 0 aliphatic carbocycles. The molecule has 10 heavy (non-hydrogen) atoms. The molecule has 0 fully saturated rings. The van der Waals surface area contributed by atoms with Gasteiger partial charge in [0.25, 0.3) is 0 Å². The maximum Gasteiger partial charge on any atom is 0.239 e. The molecule has 0 bridgehead atoms. The molecule has 3 heteroatoms. The zero-order chi connectivity index (χ0) is 6.97. The van der Waals surface area contributed by atoms with E-state index in [1.165, 1.54) is 6.26 Å². The Balaban J connectivity index is 2.88. The minimum Gasteiger partial charge on any atom is -0.462 e. The van der Waals surface area contributed by atoms with Crippen molar-refractivity contribution in [1.29, 1.82) is 0 Å². The summed E-state index contributed by atoms with van der Waals surface area (Å²) in [4.78, 5) is 13.0. The molecule has 0 saturated heterocycles. The Kier molecular flexibility index (Phi) is 0.917. The maximum absolute atomic E-state index is 10.2. The smallest absolute Gasteiger partial charge is 0.239 e. The molecule has 0 spiro atoms. The van der Waals surface area contributed by atoms with Crippen LogP contribution in [0.1, 0.15) is 5.56 Å². The van der Waals surface area contributed by atoms with Crippen molar-refractivity contribution in [3.05, 3.63) is 24.1 Å². The van der Waals surface area contributed by atoms with Crippen LogP contribution < -0.4 is 0 Å². The Labute approximate surface area is 56.6 Å². The van der Waals surface area contributed by atoms with Gasteiger partial charge in [-0.3, -0.25) is 4.79 Å². The first kappa shape index (κ1) is 5.29. The molecule has 0 aliphatic heterocycles. The SMILES string of the molecule is O=[C]c1c[nH]c2ccoc12. The second-order valence-corrected chi connectivity index (χ2v) is 1.97. The van der Waals surface area contributed by atoms with E-state index in [-0.39, 0.29) is 0 Å². The normalized spacial score (nSPS) is 10.4. The fraction of sp³-hybridized carbons (Fsp3) is 0. The number of furan rings is 1. The molecule has 49 valence electrons. The van der Waals surface area contributed by atoms with Crippen molar-refractivity contribution in [1.82, 2.24) is 4.98 Å². The van der Waals surface area contributed by atoms with Crippen LogP contribution in [0.5, 0.6) is 0 Å². The quantitative estimate of drug-likeness (QED) is 0.637. The second-order valence-electron chi connectivity index (χ2n) is 1.97. The van der Waals surface area contributed by atoms with Gasteiger partial charge < -0.3 is 9.40 Å². The molecule has 1 radical (unpaired) electrons. The summed E-state index contributed by atoms with van der Waals surface area (Å²) in [7, 11) is 0. The van der Waals surface area contributed by atoms with Gasteiger partial charge in [0.2, 0.25) is 6.29 Å². The van der Waals surface area contributed by atoms with Gasteiger partial charge >= 0.3 is 0 Å². The van der Waals surface area contributed by atoms with Crippen LogP contribution in [0.15, 0.2) is 22.9 Å². The lowest BCUT2D eigenvalue weighted by molar-refractivity contribution is 0.561. The van der Waals surface area contributed by atoms with Crippen molar-refractivity contribution in [2.75, 3.05) is 0 Å². The molecule has 1 N–H and O–H groups in total. The van der Waals surface area contributed by atoms with Crippen molar-refractivity contribution in [3.63, 3.8) is 0 Å². The van der Waals surface area contributed by atoms with E-state index in [9.17, 15) is 4.79 Å². The van der Waals surface area contributed by atoms with Crippen molar-refractivity contribution in [3.8, 4) is 0 Å². The maximum atomic E-state index is 10.2. The van der Waals surface area contributed by atoms with Gasteiger partial charge in [-0.25, -0.2) is 0 Å². The largest absolute Gasteiger partial charge is 0.462 e. The number of aromatic amines is 1. The fourth-order valence-electron chi connectivity index (χ4n) is 0.923. The van der Waals surface area contributed by atoms with Crippen LogP contribution in [0, 0.1) is 0 Å². The van der Waals surface area contributed by atoms with Crippen LogP contribution >= 0.6 is 0 Å². The van der Waals surface area contributed by atoms with Gasteiger partial charge in [-0.1, -0.05) is 0 Å². The molecule has 0 aromatic carbocycles. The number of aromatic nitrogens is 1. The molecule has 0 amide bonds. The molecule has 2 heterocycles. The van der Waals surface area contributed by atoms with Crippen LogP contribution in [0.4, 0.5) is 0 Å². The lowest BCUT2D eigenvalue weighted by Gasteiger charge is -1.74. The van der Waals surface area contributed by atoms with Gasteiger partial charge in [0.15, 0.2) is 5.58 Å². The number of hydrogen-bond acceptors (Lipinski definition) is 2. The predicted octanol–water partition coefficient (Wildman–Crippen LogP) is 1.22. The van der Waals surface area contributed by atoms with E-state index in [1.54, 1.807) is 18.5 Å². The minimum absolute atomic E-state index is 0.444. The second kappa shape index (κ2) is 1.73. The van der Waals surface area contributed by atoms with E-state index in [4.69, 9.17) is 4.42 Å². The van der Waals surface area contributed by atoms with E-state index < -0.39 is 0 Å². The first-order chi connectivity index (χ1) is 4.92. The standard InChI is InChI=1S/C7H4NO2/c9-4-5-3-8-6-1-2-10-7(5)6/h1-3,8H. The first-order valence-corrected chi connectivity index (χ1v) is 2.84. The number of nitrogens with one attached hydrogen (secondary N) is 1. The topological polar surface area (TPSA) is 46.0 Å². The summed E-state index contributed by atoms with van der Waals surface area (Å²) in [5.74, 6) is 0. The third-order valence-electron chi connectivity index (χ3n) is 1.39. The summed E-state index contributed by atoms with van der Waals surface area (Å²) in [5, 5.41) is 0. The number of fused-ring (bicyclic) bond motifs is 1. The van der Waals surface area contributed by atoms with Gasteiger partial charge in [-0.15, -0.1) is 0 Å². The highest BCUT2D eigenvalue weighted by atomic mass is 16.3. The molecule has 0 aliphatic rings. The highest BCUT2D eigenvalue weighted by molar-refractivity contribution is 5.93. The number of hydrogen-bond donors (Lipinski definition) is 1. The number of rotatable bonds is 1. The van der Waals surface area contributed by atoms with Crippen LogP contribution in [0.25, 0.3) is 11.1 Å². The molecule has 2 rings (SSSR count). The Morgan fingerprint density at radius 1 is 1.60 bits per heavy atom. The number of H-pyrrole nitrogens is 1. The summed E-state index contributed by atoms with van der Waals surface area (Å²) in [6, 6.07) is 1.76. The van der Waals surface area contributed by atoms with E-state index >= 15 is 0 Å².